The van der Waals surface area contributed by atoms with Crippen LogP contribution in [0.2, 0.25) is 0 Å². The van der Waals surface area contributed by atoms with Gasteiger partial charge in [-0.1, -0.05) is 77.7 Å². The molecule has 0 aliphatic carbocycles. The van der Waals surface area contributed by atoms with Crippen molar-refractivity contribution in [3.05, 3.63) is 125 Å². The second-order valence-corrected chi connectivity index (χ2v) is 13.4. The van der Waals surface area contributed by atoms with Gasteiger partial charge in [0.1, 0.15) is 31.4 Å². The van der Waals surface area contributed by atoms with E-state index in [1.54, 1.807) is 54.6 Å². The molecule has 50 heavy (non-hydrogen) atoms. The lowest BCUT2D eigenvalue weighted by Crippen LogP contribution is -2.29. The lowest BCUT2D eigenvalue weighted by molar-refractivity contribution is -0.132. The summed E-state index contributed by atoms with van der Waals surface area (Å²) in [6.45, 7) is 3.17. The average Bonchev–Trinajstić information content (AvgIpc) is 3.72. The van der Waals surface area contributed by atoms with Crippen molar-refractivity contribution in [1.82, 2.24) is 10.2 Å². The summed E-state index contributed by atoms with van der Waals surface area (Å²) in [6, 6.07) is 24.9. The van der Waals surface area contributed by atoms with Crippen LogP contribution in [0.3, 0.4) is 0 Å². The molecular formula is C37H30FN3O7S2. The number of rotatable bonds is 11. The first-order valence-corrected chi connectivity index (χ1v) is 17.6. The number of amides is 1. The fraction of sp³-hybridized carbons (Fsp3) is 0.189. The van der Waals surface area contributed by atoms with Gasteiger partial charge in [0, 0.05) is 11.3 Å². The second kappa shape index (κ2) is 14.6. The molecule has 4 aromatic carbocycles. The van der Waals surface area contributed by atoms with Crippen molar-refractivity contribution in [3.8, 4) is 23.0 Å². The van der Waals surface area contributed by atoms with Crippen molar-refractivity contribution < 1.29 is 38.0 Å². The van der Waals surface area contributed by atoms with Crippen LogP contribution in [0.1, 0.15) is 35.2 Å². The van der Waals surface area contributed by atoms with Crippen LogP contribution in [-0.2, 0) is 21.9 Å². The molecule has 1 amide bonds. The molecule has 0 bridgehead atoms. The number of carbonyl (C=O) groups is 2. The van der Waals surface area contributed by atoms with Gasteiger partial charge >= 0.3 is 5.91 Å². The SMILES string of the molecule is CCOc1cc([C@H]2/C(=C(\O)c3ccc4c(c3)OCCO4)C(=O)C(=O)N2c2nnc(SCc3ccccc3F)s2)ccc1OCc1ccccc1. The van der Waals surface area contributed by atoms with Crippen molar-refractivity contribution >= 4 is 45.7 Å². The van der Waals surface area contributed by atoms with Gasteiger partial charge in [-0.25, -0.2) is 4.39 Å². The fourth-order valence-electron chi connectivity index (χ4n) is 5.62. The number of Topliss-reactive ketones (excluding diaryl/α,β-unsaturated/α-hetero) is 1. The van der Waals surface area contributed by atoms with Crippen molar-refractivity contribution in [3.63, 3.8) is 0 Å². The minimum atomic E-state index is -1.11. The molecule has 3 heterocycles. The number of aromatic nitrogens is 2. The Morgan fingerprint density at radius 3 is 2.52 bits per heavy atom. The van der Waals surface area contributed by atoms with Crippen molar-refractivity contribution in [1.29, 1.82) is 0 Å². The van der Waals surface area contributed by atoms with Crippen molar-refractivity contribution in [2.45, 2.75) is 29.7 Å². The summed E-state index contributed by atoms with van der Waals surface area (Å²) in [7, 11) is 0. The quantitative estimate of drug-likeness (QED) is 0.0490. The highest BCUT2D eigenvalue weighted by molar-refractivity contribution is 8.00. The van der Waals surface area contributed by atoms with Gasteiger partial charge in [0.15, 0.2) is 27.3 Å². The number of thioether (sulfide) groups is 1. The van der Waals surface area contributed by atoms with Crippen LogP contribution in [0.4, 0.5) is 9.52 Å². The van der Waals surface area contributed by atoms with Crippen LogP contribution in [0.5, 0.6) is 23.0 Å². The van der Waals surface area contributed by atoms with E-state index in [4.69, 9.17) is 18.9 Å². The number of benzene rings is 4. The molecule has 1 aromatic heterocycles. The molecule has 7 rings (SSSR count). The third-order valence-electron chi connectivity index (χ3n) is 7.99. The minimum absolute atomic E-state index is 0.136. The topological polar surface area (TPSA) is 120 Å². The number of halogens is 1. The van der Waals surface area contributed by atoms with Crippen LogP contribution < -0.4 is 23.8 Å². The molecule has 5 aromatic rings. The largest absolute Gasteiger partial charge is 0.507 e. The van der Waals surface area contributed by atoms with Crippen LogP contribution >= 0.6 is 23.1 Å². The van der Waals surface area contributed by atoms with Gasteiger partial charge in [-0.05, 0) is 60.0 Å². The standard InChI is InChI=1S/C37H30FN3O7S2/c1-2-45-29-18-23(12-14-28(29)48-20-22-8-4-3-5-9-22)32-31(33(42)24-13-15-27-30(19-24)47-17-16-46-27)34(43)35(44)41(32)36-39-40-37(50-36)49-21-25-10-6-7-11-26(25)38/h3-15,18-19,32,42H,2,16-17,20-21H2,1H3/b33-31+/t32-/m0/s1. The first-order chi connectivity index (χ1) is 24.4. The van der Waals surface area contributed by atoms with E-state index < -0.39 is 23.5 Å². The van der Waals surface area contributed by atoms with Gasteiger partial charge in [-0.3, -0.25) is 14.5 Å². The summed E-state index contributed by atoms with van der Waals surface area (Å²) in [5, 5.41) is 20.4. The number of fused-ring (bicyclic) bond motifs is 1. The van der Waals surface area contributed by atoms with Crippen LogP contribution in [0, 0.1) is 5.82 Å². The van der Waals surface area contributed by atoms with Gasteiger partial charge in [-0.2, -0.15) is 0 Å². The molecule has 10 nitrogen and oxygen atoms in total. The first kappa shape index (κ1) is 33.1. The lowest BCUT2D eigenvalue weighted by Gasteiger charge is -2.24. The lowest BCUT2D eigenvalue weighted by atomic mass is 9.95. The molecule has 1 fully saturated rings. The van der Waals surface area contributed by atoms with E-state index in [-0.39, 0.29) is 27.8 Å². The predicted molar refractivity (Wildman–Crippen MR) is 186 cm³/mol. The smallest absolute Gasteiger partial charge is 0.301 e. The highest BCUT2D eigenvalue weighted by Gasteiger charge is 2.48. The predicted octanol–water partition coefficient (Wildman–Crippen LogP) is 7.34. The average molecular weight is 712 g/mol. The van der Waals surface area contributed by atoms with Crippen molar-refractivity contribution in [2.75, 3.05) is 24.7 Å². The Balaban J connectivity index is 1.28. The van der Waals surface area contributed by atoms with Crippen LogP contribution in [0.15, 0.2) is 101 Å². The fourth-order valence-corrected chi connectivity index (χ4v) is 7.48. The van der Waals surface area contributed by atoms with Gasteiger partial charge in [0.25, 0.3) is 5.78 Å². The zero-order valence-electron chi connectivity index (χ0n) is 26.7. The van der Waals surface area contributed by atoms with Crippen LogP contribution in [-0.4, -0.2) is 46.8 Å². The number of ether oxygens (including phenoxy) is 4. The molecule has 1 N–H and O–H groups in total. The third kappa shape index (κ3) is 6.74. The Kier molecular flexibility index (Phi) is 9.67. The summed E-state index contributed by atoms with van der Waals surface area (Å²) < 4.78 is 38.2. The highest BCUT2D eigenvalue weighted by atomic mass is 32.2. The molecule has 0 saturated carbocycles. The number of hydrogen-bond donors (Lipinski definition) is 1. The van der Waals surface area contributed by atoms with Gasteiger partial charge in [0.05, 0.1) is 18.2 Å². The number of ketones is 1. The third-order valence-corrected chi connectivity index (χ3v) is 10.1. The molecule has 13 heteroatoms. The summed E-state index contributed by atoms with van der Waals surface area (Å²) in [6.07, 6.45) is 0. The molecule has 1 atom stereocenters. The molecule has 254 valence electrons. The maximum absolute atomic E-state index is 14.3. The van der Waals surface area contributed by atoms with E-state index in [0.29, 0.717) is 64.9 Å². The second-order valence-electron chi connectivity index (χ2n) is 11.2. The van der Waals surface area contributed by atoms with Gasteiger partial charge < -0.3 is 24.1 Å². The van der Waals surface area contributed by atoms with E-state index >= 15 is 0 Å². The summed E-state index contributed by atoms with van der Waals surface area (Å²) in [5.74, 6) is -0.467. The Morgan fingerprint density at radius 2 is 1.72 bits per heavy atom. The maximum Gasteiger partial charge on any atom is 0.301 e. The maximum atomic E-state index is 14.3. The van der Waals surface area contributed by atoms with Gasteiger partial charge in [0.2, 0.25) is 5.13 Å². The monoisotopic (exact) mass is 711 g/mol. The Morgan fingerprint density at radius 1 is 0.940 bits per heavy atom. The van der Waals surface area contributed by atoms with E-state index in [9.17, 15) is 19.1 Å². The highest BCUT2D eigenvalue weighted by Crippen LogP contribution is 2.46. The number of carbonyl (C=O) groups excluding carboxylic acids is 2. The molecule has 0 radical (unpaired) electrons. The Bertz CT molecular complexity index is 2090. The summed E-state index contributed by atoms with van der Waals surface area (Å²) in [5.41, 5.74) is 2.04. The van der Waals surface area contributed by atoms with E-state index in [1.165, 1.54) is 22.7 Å². The van der Waals surface area contributed by atoms with E-state index in [0.717, 1.165) is 16.9 Å². The summed E-state index contributed by atoms with van der Waals surface area (Å²) in [4.78, 5) is 28.9. The Hall–Kier alpha value is -5.40. The van der Waals surface area contributed by atoms with Gasteiger partial charge in [-0.15, -0.1) is 10.2 Å². The minimum Gasteiger partial charge on any atom is -0.507 e. The first-order valence-electron chi connectivity index (χ1n) is 15.8. The zero-order chi connectivity index (χ0) is 34.6. The number of nitrogens with zero attached hydrogens (tertiary/aromatic N) is 3. The molecule has 0 unspecified atom stereocenters. The molecule has 2 aliphatic rings. The molecule has 2 aliphatic heterocycles. The number of aliphatic hydroxyl groups is 1. The normalized spacial score (nSPS) is 16.4. The van der Waals surface area contributed by atoms with Crippen molar-refractivity contribution in [2.24, 2.45) is 0 Å². The number of aliphatic hydroxyl groups excluding tert-OH is 1. The number of anilines is 1. The summed E-state index contributed by atoms with van der Waals surface area (Å²) >= 11 is 2.34. The van der Waals surface area contributed by atoms with E-state index in [2.05, 4.69) is 10.2 Å². The zero-order valence-corrected chi connectivity index (χ0v) is 28.3. The molecule has 0 spiro atoms. The van der Waals surface area contributed by atoms with E-state index in [1.807, 2.05) is 37.3 Å². The molecular weight excluding hydrogens is 682 g/mol. The molecule has 1 saturated heterocycles. The number of hydrogen-bond acceptors (Lipinski definition) is 11. The van der Waals surface area contributed by atoms with Crippen LogP contribution in [0.25, 0.3) is 5.76 Å². The Labute approximate surface area is 295 Å².